The molecule has 0 N–H and O–H groups in total. The van der Waals surface area contributed by atoms with E-state index in [0.717, 1.165) is 25.5 Å². The molecule has 2 aromatic rings. The third-order valence-corrected chi connectivity index (χ3v) is 4.03. The number of rotatable bonds is 6. The number of nitrogens with zero attached hydrogens (tertiary/aromatic N) is 2. The van der Waals surface area contributed by atoms with Gasteiger partial charge >= 0.3 is 0 Å². The van der Waals surface area contributed by atoms with E-state index in [2.05, 4.69) is 9.88 Å². The first-order chi connectivity index (χ1) is 10.8. The van der Waals surface area contributed by atoms with E-state index in [1.54, 1.807) is 0 Å². The van der Waals surface area contributed by atoms with Gasteiger partial charge < -0.3 is 4.90 Å². The number of hydrogen-bond donors (Lipinski definition) is 0. The van der Waals surface area contributed by atoms with Gasteiger partial charge in [0.15, 0.2) is 0 Å². The molecule has 124 valence electrons. The lowest BCUT2D eigenvalue weighted by Crippen LogP contribution is -2.18. The predicted molar refractivity (Wildman–Crippen MR) is 90.3 cm³/mol. The number of alkyl halides is 2. The van der Waals surface area contributed by atoms with Crippen LogP contribution in [0.25, 0.3) is 0 Å². The van der Waals surface area contributed by atoms with Gasteiger partial charge in [0.1, 0.15) is 0 Å². The Labute approximate surface area is 141 Å². The molecule has 0 radical (unpaired) electrons. The van der Waals surface area contributed by atoms with Crippen molar-refractivity contribution in [3.05, 3.63) is 64.4 Å². The Morgan fingerprint density at radius 3 is 2.39 bits per heavy atom. The molecule has 1 heterocycles. The number of halogens is 3. The smallest absolute Gasteiger partial charge is 0.270 e. The van der Waals surface area contributed by atoms with Crippen LogP contribution in [0, 0.1) is 0 Å². The summed E-state index contributed by atoms with van der Waals surface area (Å²) in [6.45, 7) is 1.74. The van der Waals surface area contributed by atoms with Crippen LogP contribution < -0.4 is 0 Å². The third-order valence-electron chi connectivity index (χ3n) is 3.78. The zero-order chi connectivity index (χ0) is 17.0. The van der Waals surface area contributed by atoms with Crippen molar-refractivity contribution in [1.29, 1.82) is 0 Å². The van der Waals surface area contributed by atoms with Crippen LogP contribution in [0.3, 0.4) is 0 Å². The van der Waals surface area contributed by atoms with Gasteiger partial charge in [-0.25, -0.2) is 8.78 Å². The fraction of sp³-hybridized carbons (Fsp3) is 0.389. The van der Waals surface area contributed by atoms with Crippen molar-refractivity contribution < 1.29 is 8.78 Å². The van der Waals surface area contributed by atoms with Gasteiger partial charge in [0.05, 0.1) is 0 Å². The first-order valence-corrected chi connectivity index (χ1v) is 7.89. The molecule has 0 saturated carbocycles. The molecule has 1 atom stereocenters. The SMILES string of the molecule is CN(C)CCC(c1ccc(Cl)cc1)c1cc(C(C)(F)F)ccn1. The maximum Gasteiger partial charge on any atom is 0.270 e. The Hall–Kier alpha value is -1.52. The van der Waals surface area contributed by atoms with Crippen LogP contribution in [-0.2, 0) is 5.92 Å². The second kappa shape index (κ2) is 7.37. The van der Waals surface area contributed by atoms with Crippen LogP contribution in [-0.4, -0.2) is 30.5 Å². The first kappa shape index (κ1) is 17.8. The first-order valence-electron chi connectivity index (χ1n) is 7.52. The van der Waals surface area contributed by atoms with Crippen LogP contribution >= 0.6 is 11.6 Å². The van der Waals surface area contributed by atoms with Crippen molar-refractivity contribution in [2.24, 2.45) is 0 Å². The summed E-state index contributed by atoms with van der Waals surface area (Å²) in [5.41, 5.74) is 1.68. The summed E-state index contributed by atoms with van der Waals surface area (Å²) in [6, 6.07) is 10.4. The van der Waals surface area contributed by atoms with Crippen LogP contribution in [0.5, 0.6) is 0 Å². The maximum atomic E-state index is 13.6. The van der Waals surface area contributed by atoms with Gasteiger partial charge in [-0.3, -0.25) is 4.98 Å². The lowest BCUT2D eigenvalue weighted by atomic mass is 9.90. The number of aromatic nitrogens is 1. The molecule has 0 aliphatic heterocycles. The highest BCUT2D eigenvalue weighted by Crippen LogP contribution is 2.32. The van der Waals surface area contributed by atoms with Gasteiger partial charge in [-0.05, 0) is 56.9 Å². The van der Waals surface area contributed by atoms with E-state index in [9.17, 15) is 8.78 Å². The lowest BCUT2D eigenvalue weighted by molar-refractivity contribution is 0.0172. The van der Waals surface area contributed by atoms with E-state index in [0.29, 0.717) is 10.7 Å². The number of hydrogen-bond acceptors (Lipinski definition) is 2. The Morgan fingerprint density at radius 1 is 1.17 bits per heavy atom. The van der Waals surface area contributed by atoms with Gasteiger partial charge in [0, 0.05) is 35.3 Å². The second-order valence-electron chi connectivity index (χ2n) is 6.05. The third kappa shape index (κ3) is 4.98. The summed E-state index contributed by atoms with van der Waals surface area (Å²) >= 11 is 5.95. The zero-order valence-electron chi connectivity index (χ0n) is 13.6. The minimum atomic E-state index is -2.87. The topological polar surface area (TPSA) is 16.1 Å². The molecule has 2 rings (SSSR count). The Bertz CT molecular complexity index is 636. The summed E-state index contributed by atoms with van der Waals surface area (Å²) in [7, 11) is 3.98. The fourth-order valence-electron chi connectivity index (χ4n) is 2.48. The monoisotopic (exact) mass is 338 g/mol. The second-order valence-corrected chi connectivity index (χ2v) is 6.49. The molecular weight excluding hydrogens is 318 g/mol. The van der Waals surface area contributed by atoms with Crippen LogP contribution in [0.4, 0.5) is 8.78 Å². The zero-order valence-corrected chi connectivity index (χ0v) is 14.3. The standard InChI is InChI=1S/C18H21ClF2N2/c1-18(20,21)14-8-10-22-17(12-14)16(9-11-23(2)3)13-4-6-15(19)7-5-13/h4-8,10,12,16H,9,11H2,1-3H3. The number of benzene rings is 1. The molecule has 0 aliphatic carbocycles. The Morgan fingerprint density at radius 2 is 1.83 bits per heavy atom. The molecule has 0 spiro atoms. The minimum absolute atomic E-state index is 0.00804. The largest absolute Gasteiger partial charge is 0.309 e. The summed E-state index contributed by atoms with van der Waals surface area (Å²) < 4.78 is 27.2. The highest BCUT2D eigenvalue weighted by molar-refractivity contribution is 6.30. The van der Waals surface area contributed by atoms with Gasteiger partial charge in [-0.2, -0.15) is 0 Å². The maximum absolute atomic E-state index is 13.6. The molecule has 0 amide bonds. The minimum Gasteiger partial charge on any atom is -0.309 e. The van der Waals surface area contributed by atoms with E-state index in [1.165, 1.54) is 18.3 Å². The molecule has 1 aromatic heterocycles. The average molecular weight is 339 g/mol. The highest BCUT2D eigenvalue weighted by Gasteiger charge is 2.26. The quantitative estimate of drug-likeness (QED) is 0.742. The fourth-order valence-corrected chi connectivity index (χ4v) is 2.61. The van der Waals surface area contributed by atoms with Crippen LogP contribution in [0.2, 0.25) is 5.02 Å². The van der Waals surface area contributed by atoms with Crippen molar-refractivity contribution in [3.8, 4) is 0 Å². The molecule has 1 unspecified atom stereocenters. The summed E-state index contributed by atoms with van der Waals surface area (Å²) in [5, 5.41) is 0.655. The lowest BCUT2D eigenvalue weighted by Gasteiger charge is -2.21. The molecular formula is C18H21ClF2N2. The molecule has 23 heavy (non-hydrogen) atoms. The molecule has 5 heteroatoms. The molecule has 0 bridgehead atoms. The molecule has 1 aromatic carbocycles. The van der Waals surface area contributed by atoms with Gasteiger partial charge in [-0.15, -0.1) is 0 Å². The van der Waals surface area contributed by atoms with Gasteiger partial charge in [0.2, 0.25) is 0 Å². The van der Waals surface area contributed by atoms with Crippen molar-refractivity contribution in [3.63, 3.8) is 0 Å². The Balaban J connectivity index is 2.38. The predicted octanol–water partition coefficient (Wildman–Crippen LogP) is 4.93. The highest BCUT2D eigenvalue weighted by atomic mass is 35.5. The van der Waals surface area contributed by atoms with E-state index in [-0.39, 0.29) is 11.5 Å². The van der Waals surface area contributed by atoms with Crippen molar-refractivity contribution in [2.45, 2.75) is 25.2 Å². The summed E-state index contributed by atoms with van der Waals surface area (Å²) in [4.78, 5) is 6.42. The molecule has 0 saturated heterocycles. The van der Waals surface area contributed by atoms with Gasteiger partial charge in [0.25, 0.3) is 5.92 Å². The van der Waals surface area contributed by atoms with Crippen LogP contribution in [0.1, 0.15) is 36.1 Å². The van der Waals surface area contributed by atoms with E-state index < -0.39 is 5.92 Å². The van der Waals surface area contributed by atoms with Crippen molar-refractivity contribution >= 4 is 11.6 Å². The molecule has 2 nitrogen and oxygen atoms in total. The van der Waals surface area contributed by atoms with Crippen molar-refractivity contribution in [2.75, 3.05) is 20.6 Å². The summed E-state index contributed by atoms with van der Waals surface area (Å²) in [6.07, 6.45) is 2.25. The molecule has 0 fully saturated rings. The number of pyridine rings is 1. The van der Waals surface area contributed by atoms with E-state index in [1.807, 2.05) is 38.4 Å². The van der Waals surface area contributed by atoms with Gasteiger partial charge in [-0.1, -0.05) is 23.7 Å². The average Bonchev–Trinajstić information content (AvgIpc) is 2.48. The van der Waals surface area contributed by atoms with Crippen LogP contribution in [0.15, 0.2) is 42.6 Å². The normalized spacial score (nSPS) is 13.3. The van der Waals surface area contributed by atoms with E-state index in [4.69, 9.17) is 11.6 Å². The van der Waals surface area contributed by atoms with E-state index >= 15 is 0 Å². The molecule has 0 aliphatic rings. The summed E-state index contributed by atoms with van der Waals surface area (Å²) in [5.74, 6) is -2.92. The Kier molecular flexibility index (Phi) is 5.71. The van der Waals surface area contributed by atoms with Crippen molar-refractivity contribution in [1.82, 2.24) is 9.88 Å².